The summed E-state index contributed by atoms with van der Waals surface area (Å²) in [5, 5.41) is 0.0638. The number of hydrogen-bond donors (Lipinski definition) is 1. The van der Waals surface area contributed by atoms with Gasteiger partial charge in [-0.05, 0) is 27.6 Å². The smallest absolute Gasteiger partial charge is 0.148 e. The highest BCUT2D eigenvalue weighted by molar-refractivity contribution is 9.10. The molecule has 0 bridgehead atoms. The minimum atomic E-state index is -0.512. The normalized spacial score (nSPS) is 12.5. The fraction of sp³-hybridized carbons (Fsp3) is 0.0769. The lowest BCUT2D eigenvalue weighted by atomic mass is 9.99. The highest BCUT2D eigenvalue weighted by atomic mass is 79.9. The summed E-state index contributed by atoms with van der Waals surface area (Å²) in [7, 11) is 0. The van der Waals surface area contributed by atoms with E-state index in [4.69, 9.17) is 17.3 Å². The zero-order chi connectivity index (χ0) is 12.4. The van der Waals surface area contributed by atoms with Gasteiger partial charge in [0.2, 0.25) is 0 Å². The van der Waals surface area contributed by atoms with Crippen LogP contribution in [-0.2, 0) is 0 Å². The van der Waals surface area contributed by atoms with Gasteiger partial charge in [-0.2, -0.15) is 0 Å². The van der Waals surface area contributed by atoms with E-state index in [1.807, 2.05) is 30.3 Å². The van der Waals surface area contributed by atoms with Gasteiger partial charge in [0.15, 0.2) is 0 Å². The number of halogens is 3. The van der Waals surface area contributed by atoms with Crippen molar-refractivity contribution < 1.29 is 4.39 Å². The third kappa shape index (κ3) is 2.51. The first-order valence-corrected chi connectivity index (χ1v) is 6.22. The molecule has 2 N–H and O–H groups in total. The summed E-state index contributed by atoms with van der Waals surface area (Å²) in [4.78, 5) is 0. The van der Waals surface area contributed by atoms with Crippen LogP contribution in [0.1, 0.15) is 17.2 Å². The van der Waals surface area contributed by atoms with Crippen LogP contribution in [0, 0.1) is 5.82 Å². The Bertz CT molecular complexity index is 530. The van der Waals surface area contributed by atoms with Crippen LogP contribution in [0.3, 0.4) is 0 Å². The summed E-state index contributed by atoms with van der Waals surface area (Å²) in [6.07, 6.45) is 0. The Morgan fingerprint density at radius 1 is 1.12 bits per heavy atom. The van der Waals surface area contributed by atoms with Gasteiger partial charge in [-0.3, -0.25) is 0 Å². The van der Waals surface area contributed by atoms with Crippen molar-refractivity contribution >= 4 is 27.5 Å². The Morgan fingerprint density at radius 2 is 1.76 bits per heavy atom. The second kappa shape index (κ2) is 5.17. The van der Waals surface area contributed by atoms with Crippen LogP contribution in [0.4, 0.5) is 4.39 Å². The zero-order valence-electron chi connectivity index (χ0n) is 8.83. The molecule has 2 rings (SSSR count). The Labute approximate surface area is 113 Å². The fourth-order valence-corrected chi connectivity index (χ4v) is 2.10. The van der Waals surface area contributed by atoms with Gasteiger partial charge in [0.1, 0.15) is 5.82 Å². The van der Waals surface area contributed by atoms with Crippen molar-refractivity contribution in [2.75, 3.05) is 0 Å². The second-order valence-electron chi connectivity index (χ2n) is 3.65. The fourth-order valence-electron chi connectivity index (χ4n) is 1.62. The van der Waals surface area contributed by atoms with E-state index in [9.17, 15) is 4.39 Å². The Morgan fingerprint density at radius 3 is 2.41 bits per heavy atom. The molecule has 0 amide bonds. The molecule has 0 saturated heterocycles. The monoisotopic (exact) mass is 313 g/mol. The van der Waals surface area contributed by atoms with Crippen LogP contribution in [0.2, 0.25) is 5.02 Å². The van der Waals surface area contributed by atoms with Crippen LogP contribution in [0.15, 0.2) is 46.9 Å². The van der Waals surface area contributed by atoms with Crippen molar-refractivity contribution in [3.8, 4) is 0 Å². The van der Waals surface area contributed by atoms with E-state index in [1.54, 1.807) is 12.1 Å². The van der Waals surface area contributed by atoms with E-state index in [-0.39, 0.29) is 5.02 Å². The van der Waals surface area contributed by atoms with Crippen molar-refractivity contribution in [1.82, 2.24) is 0 Å². The van der Waals surface area contributed by atoms with E-state index >= 15 is 0 Å². The summed E-state index contributed by atoms with van der Waals surface area (Å²) in [6.45, 7) is 0. The highest BCUT2D eigenvalue weighted by Gasteiger charge is 2.17. The summed E-state index contributed by atoms with van der Waals surface area (Å²) in [5.41, 5.74) is 7.27. The van der Waals surface area contributed by atoms with Gasteiger partial charge < -0.3 is 5.73 Å². The molecular formula is C13H10BrClFN. The number of hydrogen-bond acceptors (Lipinski definition) is 1. The molecular weight excluding hydrogens is 305 g/mol. The standard InChI is InChI=1S/C13H10BrClFN/c14-10-7-6-9(12(16)11(10)15)13(17)8-4-2-1-3-5-8/h1-7,13H,17H2. The van der Waals surface area contributed by atoms with Crippen LogP contribution >= 0.6 is 27.5 Å². The average Bonchev–Trinajstić information content (AvgIpc) is 2.36. The summed E-state index contributed by atoms with van der Waals surface area (Å²) >= 11 is 9.01. The van der Waals surface area contributed by atoms with Gasteiger partial charge >= 0.3 is 0 Å². The van der Waals surface area contributed by atoms with Gasteiger partial charge in [-0.25, -0.2) is 4.39 Å². The predicted octanol–water partition coefficient (Wildman–Crippen LogP) is 4.29. The SMILES string of the molecule is NC(c1ccccc1)c1ccc(Br)c(Cl)c1F. The van der Waals surface area contributed by atoms with Crippen molar-refractivity contribution in [3.05, 3.63) is 68.9 Å². The first-order chi connectivity index (χ1) is 8.11. The molecule has 2 aromatic rings. The maximum atomic E-state index is 14.0. The van der Waals surface area contributed by atoms with Crippen LogP contribution in [0.5, 0.6) is 0 Å². The topological polar surface area (TPSA) is 26.0 Å². The Balaban J connectivity index is 2.45. The first-order valence-electron chi connectivity index (χ1n) is 5.05. The van der Waals surface area contributed by atoms with Crippen molar-refractivity contribution in [2.24, 2.45) is 5.73 Å². The molecule has 0 spiro atoms. The quantitative estimate of drug-likeness (QED) is 0.822. The minimum Gasteiger partial charge on any atom is -0.320 e. The lowest BCUT2D eigenvalue weighted by Gasteiger charge is -2.14. The van der Waals surface area contributed by atoms with Crippen molar-refractivity contribution in [1.29, 1.82) is 0 Å². The third-order valence-electron chi connectivity index (χ3n) is 2.56. The molecule has 0 aromatic heterocycles. The largest absolute Gasteiger partial charge is 0.320 e. The number of nitrogens with two attached hydrogens (primary N) is 1. The maximum absolute atomic E-state index is 14.0. The molecule has 0 aliphatic rings. The van der Waals surface area contributed by atoms with Crippen molar-refractivity contribution in [2.45, 2.75) is 6.04 Å². The average molecular weight is 315 g/mol. The lowest BCUT2D eigenvalue weighted by molar-refractivity contribution is 0.599. The van der Waals surface area contributed by atoms with E-state index in [1.165, 1.54) is 0 Å². The van der Waals surface area contributed by atoms with Gasteiger partial charge in [0.25, 0.3) is 0 Å². The van der Waals surface area contributed by atoms with Gasteiger partial charge in [0.05, 0.1) is 11.1 Å². The molecule has 0 aliphatic carbocycles. The van der Waals surface area contributed by atoms with Gasteiger partial charge in [-0.1, -0.05) is 48.0 Å². The van der Waals surface area contributed by atoms with Crippen LogP contribution in [-0.4, -0.2) is 0 Å². The molecule has 1 nitrogen and oxygen atoms in total. The minimum absolute atomic E-state index is 0.0638. The lowest BCUT2D eigenvalue weighted by Crippen LogP contribution is -2.13. The molecule has 0 saturated carbocycles. The molecule has 2 aromatic carbocycles. The molecule has 17 heavy (non-hydrogen) atoms. The summed E-state index contributed by atoms with van der Waals surface area (Å²) in [6, 6.07) is 12.2. The second-order valence-corrected chi connectivity index (χ2v) is 4.89. The third-order valence-corrected chi connectivity index (χ3v) is 3.82. The molecule has 88 valence electrons. The van der Waals surface area contributed by atoms with E-state index in [0.717, 1.165) is 5.56 Å². The molecule has 0 heterocycles. The number of benzene rings is 2. The summed E-state index contributed by atoms with van der Waals surface area (Å²) < 4.78 is 14.5. The van der Waals surface area contributed by atoms with Crippen molar-refractivity contribution in [3.63, 3.8) is 0 Å². The molecule has 0 radical (unpaired) electrons. The van der Waals surface area contributed by atoms with Crippen LogP contribution in [0.25, 0.3) is 0 Å². The predicted molar refractivity (Wildman–Crippen MR) is 71.6 cm³/mol. The molecule has 0 fully saturated rings. The zero-order valence-corrected chi connectivity index (χ0v) is 11.2. The number of rotatable bonds is 2. The van der Waals surface area contributed by atoms with Crippen LogP contribution < -0.4 is 5.73 Å². The first kappa shape index (κ1) is 12.6. The summed E-state index contributed by atoms with van der Waals surface area (Å²) in [5.74, 6) is -0.475. The Kier molecular flexibility index (Phi) is 3.82. The molecule has 1 atom stereocenters. The molecule has 1 unspecified atom stereocenters. The Hall–Kier alpha value is -0.900. The molecule has 0 aliphatic heterocycles. The van der Waals surface area contributed by atoms with E-state index in [2.05, 4.69) is 15.9 Å². The van der Waals surface area contributed by atoms with Gasteiger partial charge in [0, 0.05) is 10.0 Å². The highest BCUT2D eigenvalue weighted by Crippen LogP contribution is 2.31. The van der Waals surface area contributed by atoms with E-state index in [0.29, 0.717) is 10.0 Å². The van der Waals surface area contributed by atoms with E-state index < -0.39 is 11.9 Å². The van der Waals surface area contributed by atoms with Gasteiger partial charge in [-0.15, -0.1) is 0 Å². The molecule has 4 heteroatoms. The maximum Gasteiger partial charge on any atom is 0.148 e.